The van der Waals surface area contributed by atoms with Crippen molar-refractivity contribution in [3.05, 3.63) is 58.7 Å². The summed E-state index contributed by atoms with van der Waals surface area (Å²) in [6, 6.07) is 8.40. The Kier molecular flexibility index (Phi) is 6.37. The molecule has 2 saturated heterocycles. The van der Waals surface area contributed by atoms with E-state index in [0.29, 0.717) is 50.7 Å². The van der Waals surface area contributed by atoms with Gasteiger partial charge in [0.05, 0.1) is 31.0 Å². The van der Waals surface area contributed by atoms with Crippen molar-refractivity contribution in [2.45, 2.75) is 38.8 Å². The van der Waals surface area contributed by atoms with Crippen LogP contribution >= 0.6 is 0 Å². The first-order valence-corrected chi connectivity index (χ1v) is 11.9. The van der Waals surface area contributed by atoms with Crippen LogP contribution in [0.3, 0.4) is 0 Å². The van der Waals surface area contributed by atoms with Crippen LogP contribution in [0.5, 0.6) is 0 Å². The van der Waals surface area contributed by atoms with Crippen molar-refractivity contribution in [3.8, 4) is 0 Å². The van der Waals surface area contributed by atoms with Gasteiger partial charge in [0.1, 0.15) is 5.82 Å². The SMILES string of the molecule is Cc1nc([C@@H]2CCCN(C(=O)CN3Cc4ccccc4C3)C2)ncc1C(=O)N1CCOCC1. The normalized spacial score (nSPS) is 21.2. The molecule has 33 heavy (non-hydrogen) atoms. The first-order valence-electron chi connectivity index (χ1n) is 11.9. The van der Waals surface area contributed by atoms with Crippen LogP contribution in [0.15, 0.2) is 30.5 Å². The number of aromatic nitrogens is 2. The molecular formula is C25H31N5O3. The molecule has 0 saturated carbocycles. The van der Waals surface area contributed by atoms with E-state index in [-0.39, 0.29) is 17.7 Å². The second-order valence-electron chi connectivity index (χ2n) is 9.22. The number of amides is 2. The van der Waals surface area contributed by atoms with Crippen molar-refractivity contribution < 1.29 is 14.3 Å². The van der Waals surface area contributed by atoms with E-state index in [1.165, 1.54) is 11.1 Å². The summed E-state index contributed by atoms with van der Waals surface area (Å²) in [6.45, 7) is 7.73. The van der Waals surface area contributed by atoms with Gasteiger partial charge in [-0.2, -0.15) is 0 Å². The third kappa shape index (κ3) is 4.77. The summed E-state index contributed by atoms with van der Waals surface area (Å²) in [5.41, 5.74) is 3.89. The number of piperidine rings is 1. The fourth-order valence-electron chi connectivity index (χ4n) is 5.05. The van der Waals surface area contributed by atoms with Crippen LogP contribution in [0.4, 0.5) is 0 Å². The molecule has 2 aromatic rings. The molecule has 2 amide bonds. The number of fused-ring (bicyclic) bond motifs is 1. The van der Waals surface area contributed by atoms with Crippen LogP contribution in [0.2, 0.25) is 0 Å². The minimum atomic E-state index is -0.0330. The summed E-state index contributed by atoms with van der Waals surface area (Å²) in [7, 11) is 0. The molecule has 3 aliphatic heterocycles. The van der Waals surface area contributed by atoms with Crippen LogP contribution in [0.1, 0.15) is 51.8 Å². The van der Waals surface area contributed by atoms with Gasteiger partial charge in [-0.15, -0.1) is 0 Å². The highest BCUT2D eigenvalue weighted by molar-refractivity contribution is 5.95. The van der Waals surface area contributed by atoms with Gasteiger partial charge in [0.15, 0.2) is 0 Å². The standard InChI is InChI=1S/C25H31N5O3/c1-18-22(25(32)29-9-11-33-12-10-29)13-26-24(27-18)21-7-4-8-30(16-21)23(31)17-28-14-19-5-2-3-6-20(19)15-28/h2-3,5-6,13,21H,4,7-12,14-17H2,1H3/t21-/m1/s1. The number of rotatable bonds is 4. The van der Waals surface area contributed by atoms with Gasteiger partial charge < -0.3 is 14.5 Å². The van der Waals surface area contributed by atoms with E-state index in [1.807, 2.05) is 11.8 Å². The number of hydrogen-bond donors (Lipinski definition) is 0. The van der Waals surface area contributed by atoms with E-state index in [0.717, 1.165) is 38.3 Å². The van der Waals surface area contributed by atoms with Gasteiger partial charge in [0.25, 0.3) is 5.91 Å². The molecule has 8 heteroatoms. The van der Waals surface area contributed by atoms with Gasteiger partial charge in [-0.05, 0) is 30.9 Å². The Balaban J connectivity index is 1.21. The average molecular weight is 450 g/mol. The number of morpholine rings is 1. The van der Waals surface area contributed by atoms with Gasteiger partial charge >= 0.3 is 0 Å². The first kappa shape index (κ1) is 22.0. The molecular weight excluding hydrogens is 418 g/mol. The smallest absolute Gasteiger partial charge is 0.257 e. The number of carbonyl (C=O) groups is 2. The lowest BCUT2D eigenvalue weighted by Gasteiger charge is -2.33. The lowest BCUT2D eigenvalue weighted by Crippen LogP contribution is -2.44. The molecule has 3 aliphatic rings. The number of likely N-dealkylation sites (tertiary alicyclic amines) is 1. The van der Waals surface area contributed by atoms with Crippen molar-refractivity contribution in [1.82, 2.24) is 24.7 Å². The van der Waals surface area contributed by atoms with Crippen molar-refractivity contribution in [2.24, 2.45) is 0 Å². The zero-order chi connectivity index (χ0) is 22.8. The Hall–Kier alpha value is -2.84. The molecule has 174 valence electrons. The second-order valence-corrected chi connectivity index (χ2v) is 9.22. The van der Waals surface area contributed by atoms with Crippen molar-refractivity contribution >= 4 is 11.8 Å². The Labute approximate surface area is 194 Å². The molecule has 0 radical (unpaired) electrons. The fraction of sp³-hybridized carbons (Fsp3) is 0.520. The zero-order valence-corrected chi connectivity index (χ0v) is 19.2. The Morgan fingerprint density at radius 1 is 1.06 bits per heavy atom. The maximum absolute atomic E-state index is 13.1. The highest BCUT2D eigenvalue weighted by Gasteiger charge is 2.30. The predicted molar refractivity (Wildman–Crippen MR) is 123 cm³/mol. The third-order valence-electron chi connectivity index (χ3n) is 6.93. The highest BCUT2D eigenvalue weighted by atomic mass is 16.5. The average Bonchev–Trinajstić information content (AvgIpc) is 3.26. The van der Waals surface area contributed by atoms with E-state index in [1.54, 1.807) is 11.1 Å². The molecule has 0 unspecified atom stereocenters. The van der Waals surface area contributed by atoms with Crippen LogP contribution in [0, 0.1) is 6.92 Å². The number of aryl methyl sites for hydroxylation is 1. The van der Waals surface area contributed by atoms with E-state index in [2.05, 4.69) is 34.1 Å². The van der Waals surface area contributed by atoms with Gasteiger partial charge in [0.2, 0.25) is 5.91 Å². The lowest BCUT2D eigenvalue weighted by molar-refractivity contribution is -0.133. The minimum absolute atomic E-state index is 0.0330. The molecule has 8 nitrogen and oxygen atoms in total. The van der Waals surface area contributed by atoms with Gasteiger partial charge in [0, 0.05) is 51.4 Å². The van der Waals surface area contributed by atoms with Crippen molar-refractivity contribution in [2.75, 3.05) is 45.9 Å². The minimum Gasteiger partial charge on any atom is -0.378 e. The largest absolute Gasteiger partial charge is 0.378 e. The number of hydrogen-bond acceptors (Lipinski definition) is 6. The summed E-state index contributed by atoms with van der Waals surface area (Å²) in [5, 5.41) is 0. The van der Waals surface area contributed by atoms with Gasteiger partial charge in [-0.1, -0.05) is 24.3 Å². The van der Waals surface area contributed by atoms with Gasteiger partial charge in [-0.3, -0.25) is 14.5 Å². The zero-order valence-electron chi connectivity index (χ0n) is 19.2. The van der Waals surface area contributed by atoms with Crippen molar-refractivity contribution in [3.63, 3.8) is 0 Å². The van der Waals surface area contributed by atoms with E-state index >= 15 is 0 Å². The molecule has 2 fully saturated rings. The summed E-state index contributed by atoms with van der Waals surface area (Å²) in [4.78, 5) is 41.1. The molecule has 1 aromatic heterocycles. The predicted octanol–water partition coefficient (Wildman–Crippen LogP) is 1.98. The Morgan fingerprint density at radius 3 is 2.48 bits per heavy atom. The third-order valence-corrected chi connectivity index (χ3v) is 6.93. The van der Waals surface area contributed by atoms with Crippen LogP contribution < -0.4 is 0 Å². The van der Waals surface area contributed by atoms with Crippen molar-refractivity contribution in [1.29, 1.82) is 0 Å². The van der Waals surface area contributed by atoms with E-state index < -0.39 is 0 Å². The number of nitrogens with zero attached hydrogens (tertiary/aromatic N) is 5. The number of benzene rings is 1. The number of carbonyl (C=O) groups excluding carboxylic acids is 2. The fourth-order valence-corrected chi connectivity index (χ4v) is 5.05. The monoisotopic (exact) mass is 449 g/mol. The molecule has 0 aliphatic carbocycles. The van der Waals surface area contributed by atoms with Crippen LogP contribution in [0.25, 0.3) is 0 Å². The molecule has 0 spiro atoms. The first-order chi connectivity index (χ1) is 16.1. The van der Waals surface area contributed by atoms with Crippen LogP contribution in [-0.2, 0) is 22.6 Å². The summed E-state index contributed by atoms with van der Waals surface area (Å²) >= 11 is 0. The Morgan fingerprint density at radius 2 is 1.79 bits per heavy atom. The number of ether oxygens (including phenoxy) is 1. The summed E-state index contributed by atoms with van der Waals surface area (Å²) in [5.74, 6) is 0.972. The summed E-state index contributed by atoms with van der Waals surface area (Å²) in [6.07, 6.45) is 3.56. The quantitative estimate of drug-likeness (QED) is 0.710. The Bertz CT molecular complexity index is 1010. The molecule has 1 aromatic carbocycles. The second kappa shape index (κ2) is 9.57. The maximum atomic E-state index is 13.1. The lowest BCUT2D eigenvalue weighted by atomic mass is 9.96. The van der Waals surface area contributed by atoms with Gasteiger partial charge in [-0.25, -0.2) is 9.97 Å². The van der Waals surface area contributed by atoms with E-state index in [9.17, 15) is 9.59 Å². The molecule has 0 bridgehead atoms. The molecule has 1 atom stereocenters. The topological polar surface area (TPSA) is 78.9 Å². The van der Waals surface area contributed by atoms with E-state index in [4.69, 9.17) is 9.72 Å². The highest BCUT2D eigenvalue weighted by Crippen LogP contribution is 2.27. The molecule has 4 heterocycles. The van der Waals surface area contributed by atoms with Crippen LogP contribution in [-0.4, -0.2) is 82.4 Å². The summed E-state index contributed by atoms with van der Waals surface area (Å²) < 4.78 is 5.34. The maximum Gasteiger partial charge on any atom is 0.257 e. The molecule has 5 rings (SSSR count). The molecule has 0 N–H and O–H groups in total.